The number of aryl methyl sites for hydroxylation is 2. The lowest BCUT2D eigenvalue weighted by molar-refractivity contribution is 0.0462. The van der Waals surface area contributed by atoms with Gasteiger partial charge in [0.05, 0.1) is 5.56 Å². The fraction of sp³-hybridized carbons (Fsp3) is 0.158. The van der Waals surface area contributed by atoms with Crippen molar-refractivity contribution in [1.29, 1.82) is 0 Å². The molecule has 7 nitrogen and oxygen atoms in total. The van der Waals surface area contributed by atoms with Crippen molar-refractivity contribution in [2.45, 2.75) is 20.5 Å². The van der Waals surface area contributed by atoms with Crippen molar-refractivity contribution in [3.8, 4) is 0 Å². The van der Waals surface area contributed by atoms with E-state index in [1.807, 2.05) is 44.2 Å². The van der Waals surface area contributed by atoms with Crippen LogP contribution in [0.25, 0.3) is 0 Å². The molecule has 0 radical (unpaired) electrons. The number of hydrogen-bond donors (Lipinski definition) is 2. The number of nitrogen functional groups attached to an aromatic ring is 1. The standard InChI is InChI=1S/C19H19N5O2/c1-12-6-5-8-14(10-12)17(25)26-11-16-22-18(20)24-19(23-16)21-15-9-4-3-7-13(15)2/h3-10H,11H2,1-2H3,(H3,20,21,22,23,24). The Morgan fingerprint density at radius 2 is 1.88 bits per heavy atom. The second kappa shape index (κ2) is 7.60. The number of ether oxygens (including phenoxy) is 1. The zero-order valence-corrected chi connectivity index (χ0v) is 14.6. The Morgan fingerprint density at radius 3 is 2.65 bits per heavy atom. The lowest BCUT2D eigenvalue weighted by Gasteiger charge is -2.10. The molecular weight excluding hydrogens is 330 g/mol. The molecule has 3 aromatic rings. The number of esters is 1. The van der Waals surface area contributed by atoms with Crippen molar-refractivity contribution >= 4 is 23.6 Å². The molecule has 2 aromatic carbocycles. The topological polar surface area (TPSA) is 103 Å². The molecule has 0 amide bonds. The van der Waals surface area contributed by atoms with Crippen molar-refractivity contribution < 1.29 is 9.53 Å². The predicted molar refractivity (Wildman–Crippen MR) is 99.0 cm³/mol. The first kappa shape index (κ1) is 17.3. The molecule has 26 heavy (non-hydrogen) atoms. The molecule has 0 saturated heterocycles. The summed E-state index contributed by atoms with van der Waals surface area (Å²) < 4.78 is 5.28. The summed E-state index contributed by atoms with van der Waals surface area (Å²) in [6.07, 6.45) is 0. The molecule has 0 aliphatic rings. The fourth-order valence-electron chi connectivity index (χ4n) is 2.38. The number of carbonyl (C=O) groups is 1. The Kier molecular flexibility index (Phi) is 5.07. The summed E-state index contributed by atoms with van der Waals surface area (Å²) in [4.78, 5) is 24.5. The summed E-state index contributed by atoms with van der Waals surface area (Å²) in [5.74, 6) is 0.182. The van der Waals surface area contributed by atoms with Crippen molar-refractivity contribution in [3.05, 3.63) is 71.0 Å². The van der Waals surface area contributed by atoms with Crippen LogP contribution in [0.3, 0.4) is 0 Å². The van der Waals surface area contributed by atoms with E-state index in [2.05, 4.69) is 20.3 Å². The zero-order chi connectivity index (χ0) is 18.5. The van der Waals surface area contributed by atoms with E-state index in [1.165, 1.54) is 0 Å². The highest BCUT2D eigenvalue weighted by Crippen LogP contribution is 2.18. The SMILES string of the molecule is Cc1cccc(C(=O)OCc2nc(N)nc(Nc3ccccc3C)n2)c1. The highest BCUT2D eigenvalue weighted by Gasteiger charge is 2.11. The van der Waals surface area contributed by atoms with E-state index in [9.17, 15) is 4.79 Å². The molecule has 0 saturated carbocycles. The van der Waals surface area contributed by atoms with Crippen molar-refractivity contribution in [1.82, 2.24) is 15.0 Å². The first-order valence-electron chi connectivity index (χ1n) is 8.08. The fourth-order valence-corrected chi connectivity index (χ4v) is 2.38. The van der Waals surface area contributed by atoms with Gasteiger partial charge >= 0.3 is 5.97 Å². The number of para-hydroxylation sites is 1. The average Bonchev–Trinajstić information content (AvgIpc) is 2.61. The van der Waals surface area contributed by atoms with Gasteiger partial charge in [-0.25, -0.2) is 4.79 Å². The van der Waals surface area contributed by atoms with Gasteiger partial charge in [0, 0.05) is 5.69 Å². The lowest BCUT2D eigenvalue weighted by atomic mass is 10.1. The van der Waals surface area contributed by atoms with Crippen LogP contribution in [0.1, 0.15) is 27.3 Å². The van der Waals surface area contributed by atoms with Crippen LogP contribution < -0.4 is 11.1 Å². The number of carbonyl (C=O) groups excluding carboxylic acids is 1. The maximum absolute atomic E-state index is 12.1. The highest BCUT2D eigenvalue weighted by atomic mass is 16.5. The second-order valence-corrected chi connectivity index (χ2v) is 5.82. The summed E-state index contributed by atoms with van der Waals surface area (Å²) in [5.41, 5.74) is 9.11. The monoisotopic (exact) mass is 349 g/mol. The maximum Gasteiger partial charge on any atom is 0.338 e. The normalized spacial score (nSPS) is 10.4. The van der Waals surface area contributed by atoms with Gasteiger partial charge in [-0.15, -0.1) is 0 Å². The summed E-state index contributed by atoms with van der Waals surface area (Å²) in [6, 6.07) is 14.9. The largest absolute Gasteiger partial charge is 0.454 e. The van der Waals surface area contributed by atoms with Gasteiger partial charge in [-0.3, -0.25) is 0 Å². The zero-order valence-electron chi connectivity index (χ0n) is 14.6. The van der Waals surface area contributed by atoms with E-state index < -0.39 is 5.97 Å². The minimum atomic E-state index is -0.443. The summed E-state index contributed by atoms with van der Waals surface area (Å²) in [7, 11) is 0. The van der Waals surface area contributed by atoms with Gasteiger partial charge in [-0.05, 0) is 37.6 Å². The number of hydrogen-bond acceptors (Lipinski definition) is 7. The van der Waals surface area contributed by atoms with Gasteiger partial charge in [-0.1, -0.05) is 35.9 Å². The first-order chi connectivity index (χ1) is 12.5. The number of rotatable bonds is 5. The van der Waals surface area contributed by atoms with Crippen LogP contribution in [-0.2, 0) is 11.3 Å². The molecule has 0 unspecified atom stereocenters. The number of benzene rings is 2. The third-order valence-electron chi connectivity index (χ3n) is 3.68. The van der Waals surface area contributed by atoms with Crippen LogP contribution >= 0.6 is 0 Å². The number of nitrogens with one attached hydrogen (secondary N) is 1. The molecule has 7 heteroatoms. The number of aromatic nitrogens is 3. The van der Waals surface area contributed by atoms with Gasteiger partial charge in [-0.2, -0.15) is 15.0 Å². The van der Waals surface area contributed by atoms with Crippen molar-refractivity contribution in [2.75, 3.05) is 11.1 Å². The van der Waals surface area contributed by atoms with Crippen LogP contribution in [-0.4, -0.2) is 20.9 Å². The molecule has 1 heterocycles. The Morgan fingerprint density at radius 1 is 1.08 bits per heavy atom. The van der Waals surface area contributed by atoms with E-state index in [0.29, 0.717) is 11.5 Å². The van der Waals surface area contributed by atoms with Gasteiger partial charge in [0.25, 0.3) is 0 Å². The smallest absolute Gasteiger partial charge is 0.338 e. The highest BCUT2D eigenvalue weighted by molar-refractivity contribution is 5.89. The number of anilines is 3. The summed E-state index contributed by atoms with van der Waals surface area (Å²) in [5, 5.41) is 3.10. The molecular formula is C19H19N5O2. The molecule has 1 aromatic heterocycles. The molecule has 0 aliphatic carbocycles. The van der Waals surface area contributed by atoms with E-state index in [1.54, 1.807) is 18.2 Å². The van der Waals surface area contributed by atoms with E-state index in [0.717, 1.165) is 16.8 Å². The predicted octanol–water partition coefficient (Wildman–Crippen LogP) is 3.17. The average molecular weight is 349 g/mol. The molecule has 3 rings (SSSR count). The van der Waals surface area contributed by atoms with Crippen LogP contribution in [0.5, 0.6) is 0 Å². The Hall–Kier alpha value is -3.48. The minimum Gasteiger partial charge on any atom is -0.454 e. The molecule has 132 valence electrons. The van der Waals surface area contributed by atoms with Crippen LogP contribution in [0.15, 0.2) is 48.5 Å². The maximum atomic E-state index is 12.1. The van der Waals surface area contributed by atoms with Gasteiger partial charge in [0.15, 0.2) is 12.4 Å². The Balaban J connectivity index is 1.71. The van der Waals surface area contributed by atoms with Crippen LogP contribution in [0.2, 0.25) is 0 Å². The number of nitrogens with zero attached hydrogens (tertiary/aromatic N) is 3. The Labute approximate surface area is 151 Å². The van der Waals surface area contributed by atoms with Crippen molar-refractivity contribution in [2.24, 2.45) is 0 Å². The van der Waals surface area contributed by atoms with E-state index in [4.69, 9.17) is 10.5 Å². The molecule has 3 N–H and O–H groups in total. The number of nitrogens with two attached hydrogens (primary N) is 1. The summed E-state index contributed by atoms with van der Waals surface area (Å²) >= 11 is 0. The van der Waals surface area contributed by atoms with Gasteiger partial charge < -0.3 is 15.8 Å². The Bertz CT molecular complexity index is 943. The molecule has 0 bridgehead atoms. The summed E-state index contributed by atoms with van der Waals surface area (Å²) in [6.45, 7) is 3.78. The third kappa shape index (κ3) is 4.32. The molecule has 0 fully saturated rings. The van der Waals surface area contributed by atoms with E-state index >= 15 is 0 Å². The molecule has 0 atom stereocenters. The second-order valence-electron chi connectivity index (χ2n) is 5.82. The van der Waals surface area contributed by atoms with Crippen molar-refractivity contribution in [3.63, 3.8) is 0 Å². The lowest BCUT2D eigenvalue weighted by Crippen LogP contribution is -2.11. The quantitative estimate of drug-likeness (QED) is 0.682. The van der Waals surface area contributed by atoms with Crippen LogP contribution in [0, 0.1) is 13.8 Å². The minimum absolute atomic E-state index is 0.0534. The van der Waals surface area contributed by atoms with Crippen LogP contribution in [0.4, 0.5) is 17.6 Å². The third-order valence-corrected chi connectivity index (χ3v) is 3.68. The van der Waals surface area contributed by atoms with E-state index in [-0.39, 0.29) is 18.4 Å². The van der Waals surface area contributed by atoms with Gasteiger partial charge in [0.1, 0.15) is 0 Å². The van der Waals surface area contributed by atoms with Gasteiger partial charge in [0.2, 0.25) is 11.9 Å². The molecule has 0 spiro atoms. The first-order valence-corrected chi connectivity index (χ1v) is 8.08. The molecule has 0 aliphatic heterocycles.